The maximum atomic E-state index is 12.8. The van der Waals surface area contributed by atoms with Crippen LogP contribution in [-0.4, -0.2) is 38.8 Å². The zero-order valence-corrected chi connectivity index (χ0v) is 18.2. The van der Waals surface area contributed by atoms with Crippen molar-refractivity contribution in [2.45, 2.75) is 32.6 Å². The van der Waals surface area contributed by atoms with E-state index in [9.17, 15) is 9.59 Å². The number of para-hydroxylation sites is 2. The highest BCUT2D eigenvalue weighted by Gasteiger charge is 2.23. The first-order valence-corrected chi connectivity index (χ1v) is 10.1. The fraction of sp³-hybridized carbons (Fsp3) is 0.455. The number of hydrogen-bond acceptors (Lipinski definition) is 6. The zero-order chi connectivity index (χ0) is 20.6. The van der Waals surface area contributed by atoms with E-state index in [-0.39, 0.29) is 23.9 Å². The van der Waals surface area contributed by atoms with Crippen molar-refractivity contribution >= 4 is 24.0 Å². The summed E-state index contributed by atoms with van der Waals surface area (Å²) in [4.78, 5) is 25.4. The number of halogens is 1. The number of benzene rings is 1. The molecule has 2 heterocycles. The predicted molar refractivity (Wildman–Crippen MR) is 118 cm³/mol. The van der Waals surface area contributed by atoms with Crippen LogP contribution < -0.4 is 21.0 Å². The SMILES string of the molecule is CCOCCOc1ccccc1NC(=O)c1c(C)cc(C2CCCNC2)oc1=O.Cl. The van der Waals surface area contributed by atoms with Crippen LogP contribution in [0.4, 0.5) is 5.69 Å². The van der Waals surface area contributed by atoms with E-state index in [1.807, 2.05) is 13.0 Å². The molecule has 30 heavy (non-hydrogen) atoms. The number of carbonyl (C=O) groups is 1. The molecule has 2 N–H and O–H groups in total. The monoisotopic (exact) mass is 436 g/mol. The normalized spacial score (nSPS) is 15.9. The first kappa shape index (κ1) is 23.9. The molecule has 0 aliphatic carbocycles. The molecule has 1 aromatic heterocycles. The number of hydrogen-bond donors (Lipinski definition) is 2. The first-order valence-electron chi connectivity index (χ1n) is 10.1. The third kappa shape index (κ3) is 6.08. The number of anilines is 1. The molecule has 2 aromatic rings. The molecule has 0 spiro atoms. The van der Waals surface area contributed by atoms with Crippen LogP contribution in [0.15, 0.2) is 39.5 Å². The molecule has 1 fully saturated rings. The maximum absolute atomic E-state index is 12.8. The Kier molecular flexibility index (Phi) is 9.36. The number of amides is 1. The van der Waals surface area contributed by atoms with E-state index < -0.39 is 11.5 Å². The molecule has 1 aromatic carbocycles. The highest BCUT2D eigenvalue weighted by molar-refractivity contribution is 6.05. The van der Waals surface area contributed by atoms with Crippen molar-refractivity contribution in [3.63, 3.8) is 0 Å². The van der Waals surface area contributed by atoms with Crippen molar-refractivity contribution in [3.05, 3.63) is 57.6 Å². The minimum absolute atomic E-state index is 0. The van der Waals surface area contributed by atoms with Gasteiger partial charge >= 0.3 is 5.63 Å². The van der Waals surface area contributed by atoms with Crippen molar-refractivity contribution in [3.8, 4) is 5.75 Å². The molecule has 1 aliphatic rings. The summed E-state index contributed by atoms with van der Waals surface area (Å²) < 4.78 is 16.5. The number of carbonyl (C=O) groups excluding carboxylic acids is 1. The molecule has 1 amide bonds. The molecule has 0 radical (unpaired) electrons. The van der Waals surface area contributed by atoms with E-state index in [0.717, 1.165) is 25.9 Å². The highest BCUT2D eigenvalue weighted by atomic mass is 35.5. The average molecular weight is 437 g/mol. The van der Waals surface area contributed by atoms with Gasteiger partial charge < -0.3 is 24.5 Å². The van der Waals surface area contributed by atoms with Gasteiger partial charge in [-0.3, -0.25) is 4.79 Å². The number of nitrogens with one attached hydrogen (secondary N) is 2. The fourth-order valence-corrected chi connectivity index (χ4v) is 3.44. The van der Waals surface area contributed by atoms with Crippen LogP contribution in [0.5, 0.6) is 5.75 Å². The van der Waals surface area contributed by atoms with Crippen LogP contribution in [-0.2, 0) is 4.74 Å². The summed E-state index contributed by atoms with van der Waals surface area (Å²) in [5.74, 6) is 0.806. The number of rotatable bonds is 8. The lowest BCUT2D eigenvalue weighted by Gasteiger charge is -2.22. The highest BCUT2D eigenvalue weighted by Crippen LogP contribution is 2.26. The van der Waals surface area contributed by atoms with E-state index in [0.29, 0.717) is 42.6 Å². The van der Waals surface area contributed by atoms with Gasteiger partial charge in [0, 0.05) is 19.1 Å². The van der Waals surface area contributed by atoms with Gasteiger partial charge in [-0.25, -0.2) is 4.79 Å². The third-order valence-corrected chi connectivity index (χ3v) is 4.92. The topological polar surface area (TPSA) is 89.8 Å². The van der Waals surface area contributed by atoms with E-state index in [4.69, 9.17) is 13.9 Å². The molecule has 8 heteroatoms. The van der Waals surface area contributed by atoms with E-state index in [1.165, 1.54) is 0 Å². The summed E-state index contributed by atoms with van der Waals surface area (Å²) >= 11 is 0. The fourth-order valence-electron chi connectivity index (χ4n) is 3.44. The van der Waals surface area contributed by atoms with E-state index >= 15 is 0 Å². The molecule has 1 aliphatic heterocycles. The van der Waals surface area contributed by atoms with Crippen LogP contribution >= 0.6 is 12.4 Å². The van der Waals surface area contributed by atoms with Crippen molar-refractivity contribution in [1.82, 2.24) is 5.32 Å². The summed E-state index contributed by atoms with van der Waals surface area (Å²) in [6.45, 7) is 6.87. The third-order valence-electron chi connectivity index (χ3n) is 4.92. The molecule has 0 saturated carbocycles. The summed E-state index contributed by atoms with van der Waals surface area (Å²) in [6, 6.07) is 8.90. The molecule has 7 nitrogen and oxygen atoms in total. The van der Waals surface area contributed by atoms with Gasteiger partial charge in [0.25, 0.3) is 5.91 Å². The van der Waals surface area contributed by atoms with Gasteiger partial charge in [-0.15, -0.1) is 12.4 Å². The summed E-state index contributed by atoms with van der Waals surface area (Å²) in [5.41, 5.74) is 0.502. The van der Waals surface area contributed by atoms with E-state index in [2.05, 4.69) is 10.6 Å². The second-order valence-corrected chi connectivity index (χ2v) is 7.03. The van der Waals surface area contributed by atoms with Gasteiger partial charge in [0.1, 0.15) is 23.7 Å². The number of piperidine rings is 1. The van der Waals surface area contributed by atoms with Crippen LogP contribution in [0.3, 0.4) is 0 Å². The summed E-state index contributed by atoms with van der Waals surface area (Å²) in [6.07, 6.45) is 2.00. The Balaban J connectivity index is 0.00000320. The Morgan fingerprint density at radius 3 is 2.80 bits per heavy atom. The van der Waals surface area contributed by atoms with Gasteiger partial charge in [0.05, 0.1) is 12.3 Å². The molecule has 1 unspecified atom stereocenters. The lowest BCUT2D eigenvalue weighted by molar-refractivity contribution is 0.101. The average Bonchev–Trinajstić information content (AvgIpc) is 2.72. The van der Waals surface area contributed by atoms with Crippen LogP contribution in [0, 0.1) is 6.92 Å². The second-order valence-electron chi connectivity index (χ2n) is 7.03. The molecular formula is C22H29ClN2O5. The quantitative estimate of drug-likeness (QED) is 0.615. The van der Waals surface area contributed by atoms with Crippen LogP contribution in [0.25, 0.3) is 0 Å². The van der Waals surface area contributed by atoms with E-state index in [1.54, 1.807) is 31.2 Å². The Morgan fingerprint density at radius 1 is 1.30 bits per heavy atom. The van der Waals surface area contributed by atoms with Crippen molar-refractivity contribution in [1.29, 1.82) is 0 Å². The number of aryl methyl sites for hydroxylation is 1. The zero-order valence-electron chi connectivity index (χ0n) is 17.4. The predicted octanol–water partition coefficient (Wildman–Crippen LogP) is 3.50. The Morgan fingerprint density at radius 2 is 2.10 bits per heavy atom. The van der Waals surface area contributed by atoms with Gasteiger partial charge in [-0.05, 0) is 57.0 Å². The Bertz CT molecular complexity index is 893. The van der Waals surface area contributed by atoms with Crippen molar-refractivity contribution in [2.24, 2.45) is 0 Å². The number of ether oxygens (including phenoxy) is 2. The molecule has 1 atom stereocenters. The van der Waals surface area contributed by atoms with Gasteiger partial charge in [-0.2, -0.15) is 0 Å². The maximum Gasteiger partial charge on any atom is 0.349 e. The van der Waals surface area contributed by atoms with Crippen molar-refractivity contribution < 1.29 is 18.7 Å². The lowest BCUT2D eigenvalue weighted by Crippen LogP contribution is -2.30. The smallest absolute Gasteiger partial charge is 0.349 e. The van der Waals surface area contributed by atoms with Gasteiger partial charge in [0.15, 0.2) is 0 Å². The minimum Gasteiger partial charge on any atom is -0.489 e. The molecule has 0 bridgehead atoms. The van der Waals surface area contributed by atoms with Crippen LogP contribution in [0.2, 0.25) is 0 Å². The molecule has 3 rings (SSSR count). The largest absolute Gasteiger partial charge is 0.489 e. The van der Waals surface area contributed by atoms with Crippen molar-refractivity contribution in [2.75, 3.05) is 38.2 Å². The summed E-state index contributed by atoms with van der Waals surface area (Å²) in [7, 11) is 0. The van der Waals surface area contributed by atoms with Crippen LogP contribution in [0.1, 0.15) is 47.4 Å². The first-order chi connectivity index (χ1) is 14.1. The van der Waals surface area contributed by atoms with Gasteiger partial charge in [-0.1, -0.05) is 12.1 Å². The molecule has 1 saturated heterocycles. The lowest BCUT2D eigenvalue weighted by atomic mass is 9.95. The minimum atomic E-state index is -0.613. The Hall–Kier alpha value is -2.35. The standard InChI is InChI=1S/C22H28N2O5.ClH/c1-3-27-11-12-28-18-9-5-4-8-17(18)24-21(25)20-15(2)13-19(29-22(20)26)16-7-6-10-23-14-16;/h4-5,8-9,13,16,23H,3,6-7,10-12,14H2,1-2H3,(H,24,25);1H. The second kappa shape index (κ2) is 11.7. The van der Waals surface area contributed by atoms with Gasteiger partial charge in [0.2, 0.25) is 0 Å². The Labute approximate surface area is 182 Å². The summed E-state index contributed by atoms with van der Waals surface area (Å²) in [5, 5.41) is 6.08. The molecule has 164 valence electrons. The molecular weight excluding hydrogens is 408 g/mol.